The van der Waals surface area contributed by atoms with E-state index in [2.05, 4.69) is 0 Å². The summed E-state index contributed by atoms with van der Waals surface area (Å²) in [6.07, 6.45) is 2.63. The van der Waals surface area contributed by atoms with Gasteiger partial charge in [0.25, 0.3) is 11.8 Å². The molecule has 1 fully saturated rings. The molecule has 2 amide bonds. The first-order valence-electron chi connectivity index (χ1n) is 8.79. The molecule has 144 valence electrons. The first-order valence-corrected chi connectivity index (χ1v) is 8.79. The first kappa shape index (κ1) is 19.3. The maximum absolute atomic E-state index is 12.9. The van der Waals surface area contributed by atoms with Crippen molar-refractivity contribution < 1.29 is 23.9 Å². The highest BCUT2D eigenvalue weighted by Gasteiger charge is 2.27. The standard InChI is InChI=1S/C21H19FN2O4/c22-17-7-4-15(5-8-17)6-9-19(26)21(28)24-12-10-23(11-13-24)20(27)16-2-1-3-18(25)14-16/h1-9,14,25H,10-13H2/b9-6+. The van der Waals surface area contributed by atoms with E-state index in [1.807, 2.05) is 0 Å². The van der Waals surface area contributed by atoms with Crippen molar-refractivity contribution in [3.8, 4) is 5.75 Å². The molecule has 0 spiro atoms. The number of benzene rings is 2. The summed E-state index contributed by atoms with van der Waals surface area (Å²) >= 11 is 0. The van der Waals surface area contributed by atoms with E-state index in [4.69, 9.17) is 0 Å². The molecule has 1 N–H and O–H groups in total. The summed E-state index contributed by atoms with van der Waals surface area (Å²) in [6, 6.07) is 11.6. The Morgan fingerprint density at radius 3 is 2.21 bits per heavy atom. The van der Waals surface area contributed by atoms with Crippen LogP contribution in [0.1, 0.15) is 15.9 Å². The quantitative estimate of drug-likeness (QED) is 0.649. The van der Waals surface area contributed by atoms with E-state index in [1.54, 1.807) is 17.0 Å². The molecule has 28 heavy (non-hydrogen) atoms. The normalized spacial score (nSPS) is 14.3. The van der Waals surface area contributed by atoms with Crippen LogP contribution in [0.5, 0.6) is 5.75 Å². The molecular formula is C21H19FN2O4. The molecule has 0 aromatic heterocycles. The molecule has 6 nitrogen and oxygen atoms in total. The molecule has 2 aromatic rings. The van der Waals surface area contributed by atoms with Crippen LogP contribution in [0, 0.1) is 5.82 Å². The highest BCUT2D eigenvalue weighted by atomic mass is 19.1. The van der Waals surface area contributed by atoms with Gasteiger partial charge in [-0.1, -0.05) is 24.3 Å². The zero-order valence-corrected chi connectivity index (χ0v) is 15.0. The van der Waals surface area contributed by atoms with Gasteiger partial charge in [0, 0.05) is 31.7 Å². The number of carbonyl (C=O) groups excluding carboxylic acids is 3. The van der Waals surface area contributed by atoms with Crippen molar-refractivity contribution in [2.24, 2.45) is 0 Å². The van der Waals surface area contributed by atoms with E-state index >= 15 is 0 Å². The van der Waals surface area contributed by atoms with Gasteiger partial charge in [-0.25, -0.2) is 4.39 Å². The van der Waals surface area contributed by atoms with Crippen molar-refractivity contribution in [2.45, 2.75) is 0 Å². The summed E-state index contributed by atoms with van der Waals surface area (Å²) in [4.78, 5) is 39.8. The Balaban J connectivity index is 1.55. The molecule has 1 heterocycles. The van der Waals surface area contributed by atoms with Crippen LogP contribution < -0.4 is 0 Å². The minimum atomic E-state index is -0.669. The number of phenolic OH excluding ortho intramolecular Hbond substituents is 1. The van der Waals surface area contributed by atoms with Gasteiger partial charge in [0.05, 0.1) is 0 Å². The number of rotatable bonds is 4. The van der Waals surface area contributed by atoms with E-state index in [-0.39, 0.29) is 30.6 Å². The lowest BCUT2D eigenvalue weighted by molar-refractivity contribution is -0.143. The first-order chi connectivity index (χ1) is 13.4. The second kappa shape index (κ2) is 8.47. The number of nitrogens with zero attached hydrogens (tertiary/aromatic N) is 2. The molecule has 0 bridgehead atoms. The van der Waals surface area contributed by atoms with Gasteiger partial charge in [0.1, 0.15) is 11.6 Å². The predicted octanol–water partition coefficient (Wildman–Crippen LogP) is 2.10. The van der Waals surface area contributed by atoms with Crippen molar-refractivity contribution >= 4 is 23.7 Å². The summed E-state index contributed by atoms with van der Waals surface area (Å²) in [7, 11) is 0. The number of piperazine rings is 1. The Kier molecular flexibility index (Phi) is 5.84. The fraction of sp³-hybridized carbons (Fsp3) is 0.190. The van der Waals surface area contributed by atoms with Crippen LogP contribution in [0.2, 0.25) is 0 Å². The van der Waals surface area contributed by atoms with E-state index in [9.17, 15) is 23.9 Å². The molecule has 1 aliphatic heterocycles. The number of hydrogen-bond acceptors (Lipinski definition) is 4. The molecule has 0 aliphatic carbocycles. The van der Waals surface area contributed by atoms with E-state index < -0.39 is 11.7 Å². The van der Waals surface area contributed by atoms with Crippen LogP contribution in [-0.4, -0.2) is 58.7 Å². The number of carbonyl (C=O) groups is 3. The van der Waals surface area contributed by atoms with Gasteiger partial charge in [-0.15, -0.1) is 0 Å². The van der Waals surface area contributed by atoms with E-state index in [0.29, 0.717) is 24.2 Å². The van der Waals surface area contributed by atoms with Gasteiger partial charge in [0.2, 0.25) is 5.78 Å². The lowest BCUT2D eigenvalue weighted by Crippen LogP contribution is -2.52. The Morgan fingerprint density at radius 1 is 0.929 bits per heavy atom. The molecule has 0 saturated carbocycles. The predicted molar refractivity (Wildman–Crippen MR) is 101 cm³/mol. The van der Waals surface area contributed by atoms with Crippen molar-refractivity contribution in [1.29, 1.82) is 0 Å². The van der Waals surface area contributed by atoms with Gasteiger partial charge in [0.15, 0.2) is 0 Å². The maximum atomic E-state index is 12.9. The molecule has 2 aromatic carbocycles. The molecule has 7 heteroatoms. The fourth-order valence-electron chi connectivity index (χ4n) is 2.91. The van der Waals surface area contributed by atoms with E-state index in [0.717, 1.165) is 0 Å². The largest absolute Gasteiger partial charge is 0.508 e. The summed E-state index contributed by atoms with van der Waals surface area (Å²) < 4.78 is 12.9. The van der Waals surface area contributed by atoms with Gasteiger partial charge < -0.3 is 14.9 Å². The highest BCUT2D eigenvalue weighted by molar-refractivity contribution is 6.41. The van der Waals surface area contributed by atoms with Crippen molar-refractivity contribution in [3.63, 3.8) is 0 Å². The smallest absolute Gasteiger partial charge is 0.294 e. The third-order valence-electron chi connectivity index (χ3n) is 4.46. The number of ketones is 1. The van der Waals surface area contributed by atoms with Crippen LogP contribution in [0.4, 0.5) is 4.39 Å². The van der Waals surface area contributed by atoms with E-state index in [1.165, 1.54) is 53.5 Å². The summed E-state index contributed by atoms with van der Waals surface area (Å²) in [5, 5.41) is 9.50. The Bertz CT molecular complexity index is 916. The molecule has 1 aliphatic rings. The van der Waals surface area contributed by atoms with Crippen LogP contribution in [0.3, 0.4) is 0 Å². The second-order valence-corrected chi connectivity index (χ2v) is 6.38. The number of halogens is 1. The average Bonchev–Trinajstić information content (AvgIpc) is 2.72. The van der Waals surface area contributed by atoms with Gasteiger partial charge in [-0.3, -0.25) is 14.4 Å². The minimum absolute atomic E-state index is 0.0122. The van der Waals surface area contributed by atoms with Crippen LogP contribution in [0.25, 0.3) is 6.08 Å². The molecule has 0 atom stereocenters. The molecular weight excluding hydrogens is 363 g/mol. The van der Waals surface area contributed by atoms with Crippen LogP contribution >= 0.6 is 0 Å². The van der Waals surface area contributed by atoms with Gasteiger partial charge in [-0.05, 0) is 42.0 Å². The van der Waals surface area contributed by atoms with Crippen LogP contribution in [-0.2, 0) is 9.59 Å². The molecule has 0 unspecified atom stereocenters. The Hall–Kier alpha value is -3.48. The topological polar surface area (TPSA) is 77.9 Å². The zero-order chi connectivity index (χ0) is 20.1. The summed E-state index contributed by atoms with van der Waals surface area (Å²) in [5.74, 6) is -1.90. The van der Waals surface area contributed by atoms with Crippen molar-refractivity contribution in [1.82, 2.24) is 9.80 Å². The van der Waals surface area contributed by atoms with Crippen molar-refractivity contribution in [3.05, 3.63) is 71.6 Å². The number of amides is 2. The lowest BCUT2D eigenvalue weighted by Gasteiger charge is -2.34. The van der Waals surface area contributed by atoms with Crippen molar-refractivity contribution in [2.75, 3.05) is 26.2 Å². The Labute approximate surface area is 161 Å². The molecule has 3 rings (SSSR count). The average molecular weight is 382 g/mol. The van der Waals surface area contributed by atoms with Gasteiger partial charge in [-0.2, -0.15) is 0 Å². The molecule has 0 radical (unpaired) electrons. The highest BCUT2D eigenvalue weighted by Crippen LogP contribution is 2.15. The number of phenols is 1. The Morgan fingerprint density at radius 2 is 1.57 bits per heavy atom. The van der Waals surface area contributed by atoms with Crippen LogP contribution in [0.15, 0.2) is 54.6 Å². The maximum Gasteiger partial charge on any atom is 0.294 e. The molecule has 1 saturated heterocycles. The summed E-state index contributed by atoms with van der Waals surface area (Å²) in [5.41, 5.74) is 0.988. The fourth-order valence-corrected chi connectivity index (χ4v) is 2.91. The lowest BCUT2D eigenvalue weighted by atomic mass is 10.1. The van der Waals surface area contributed by atoms with Gasteiger partial charge >= 0.3 is 0 Å². The second-order valence-electron chi connectivity index (χ2n) is 6.38. The third kappa shape index (κ3) is 4.62. The number of hydrogen-bond donors (Lipinski definition) is 1. The third-order valence-corrected chi connectivity index (χ3v) is 4.46. The SMILES string of the molecule is O=C(/C=C/c1ccc(F)cc1)C(=O)N1CCN(C(=O)c2cccc(O)c2)CC1. The minimum Gasteiger partial charge on any atom is -0.508 e. The number of aromatic hydroxyl groups is 1. The monoisotopic (exact) mass is 382 g/mol. The zero-order valence-electron chi connectivity index (χ0n) is 15.0. The summed E-state index contributed by atoms with van der Waals surface area (Å²) in [6.45, 7) is 1.10.